The summed E-state index contributed by atoms with van der Waals surface area (Å²) in [5.74, 6) is 0. The zero-order valence-electron chi connectivity index (χ0n) is 12.7. The highest BCUT2D eigenvalue weighted by molar-refractivity contribution is 5.93. The van der Waals surface area contributed by atoms with Crippen LogP contribution >= 0.6 is 0 Å². The van der Waals surface area contributed by atoms with E-state index in [4.69, 9.17) is 0 Å². The minimum atomic E-state index is -4.37. The Morgan fingerprint density at radius 2 is 1.61 bits per heavy atom. The molecule has 0 atom stereocenters. The fraction of sp³-hybridized carbons (Fsp3) is 0.167. The average molecular weight is 316 g/mol. The van der Waals surface area contributed by atoms with Gasteiger partial charge in [-0.3, -0.25) is 4.98 Å². The highest BCUT2D eigenvalue weighted by Gasteiger charge is 2.30. The maximum atomic E-state index is 12.9. The van der Waals surface area contributed by atoms with E-state index in [1.165, 1.54) is 6.07 Å². The number of fused-ring (bicyclic) bond motifs is 1. The van der Waals surface area contributed by atoms with Crippen LogP contribution in [0.3, 0.4) is 0 Å². The lowest BCUT2D eigenvalue weighted by Crippen LogP contribution is -2.05. The number of halogens is 3. The van der Waals surface area contributed by atoms with Crippen molar-refractivity contribution < 1.29 is 13.2 Å². The van der Waals surface area contributed by atoms with Crippen LogP contribution in [0.4, 0.5) is 24.5 Å². The Balaban J connectivity index is 2.08. The first kappa shape index (κ1) is 15.3. The summed E-state index contributed by atoms with van der Waals surface area (Å²) in [6.45, 7) is 3.76. The van der Waals surface area contributed by atoms with Crippen LogP contribution in [0.15, 0.2) is 48.5 Å². The number of nitrogens with one attached hydrogen (secondary N) is 1. The molecule has 3 rings (SSSR count). The maximum Gasteiger partial charge on any atom is 0.416 e. The molecule has 0 aliphatic rings. The van der Waals surface area contributed by atoms with Crippen molar-refractivity contribution >= 4 is 22.3 Å². The number of aromatic nitrogens is 1. The van der Waals surface area contributed by atoms with Gasteiger partial charge in [0.1, 0.15) is 0 Å². The smallest absolute Gasteiger partial charge is 0.355 e. The van der Waals surface area contributed by atoms with E-state index in [1.54, 1.807) is 6.92 Å². The molecule has 118 valence electrons. The first-order valence-corrected chi connectivity index (χ1v) is 7.15. The summed E-state index contributed by atoms with van der Waals surface area (Å²) >= 11 is 0. The number of aryl methyl sites for hydroxylation is 2. The van der Waals surface area contributed by atoms with Crippen LogP contribution in [0.25, 0.3) is 10.9 Å². The zero-order valence-corrected chi connectivity index (χ0v) is 12.7. The molecule has 0 aliphatic heterocycles. The van der Waals surface area contributed by atoms with Crippen LogP contribution in [0, 0.1) is 13.8 Å². The second-order valence-corrected chi connectivity index (χ2v) is 5.53. The van der Waals surface area contributed by atoms with Gasteiger partial charge in [0.15, 0.2) is 0 Å². The van der Waals surface area contributed by atoms with Gasteiger partial charge in [-0.1, -0.05) is 23.8 Å². The third-order valence-electron chi connectivity index (χ3n) is 3.60. The molecule has 3 aromatic rings. The standard InChI is InChI=1S/C18H15F3N2/c1-11-3-6-14(7-4-11)23-16-9-12(2)22-17-10-13(18(19,20)21)5-8-15(16)17/h3-10H,1-2H3,(H,22,23). The predicted octanol–water partition coefficient (Wildman–Crippen LogP) is 5.61. The normalized spacial score (nSPS) is 11.7. The van der Waals surface area contributed by atoms with Crippen molar-refractivity contribution in [2.24, 2.45) is 0 Å². The molecule has 0 saturated heterocycles. The molecule has 0 aliphatic carbocycles. The molecule has 0 radical (unpaired) electrons. The Morgan fingerprint density at radius 1 is 0.913 bits per heavy atom. The number of alkyl halides is 3. The minimum Gasteiger partial charge on any atom is -0.355 e. The number of nitrogens with zero attached hydrogens (tertiary/aromatic N) is 1. The SMILES string of the molecule is Cc1ccc(Nc2cc(C)nc3cc(C(F)(F)F)ccc23)cc1. The summed E-state index contributed by atoms with van der Waals surface area (Å²) < 4.78 is 38.6. The van der Waals surface area contributed by atoms with E-state index in [-0.39, 0.29) is 0 Å². The van der Waals surface area contributed by atoms with Crippen molar-refractivity contribution in [2.75, 3.05) is 5.32 Å². The largest absolute Gasteiger partial charge is 0.416 e. The first-order valence-electron chi connectivity index (χ1n) is 7.15. The van der Waals surface area contributed by atoms with Crippen molar-refractivity contribution in [1.29, 1.82) is 0 Å². The quantitative estimate of drug-likeness (QED) is 0.664. The molecular formula is C18H15F3N2. The molecule has 0 saturated carbocycles. The summed E-state index contributed by atoms with van der Waals surface area (Å²) in [6, 6.07) is 13.3. The fourth-order valence-corrected chi connectivity index (χ4v) is 2.43. The molecule has 2 aromatic carbocycles. The van der Waals surface area contributed by atoms with Crippen LogP contribution in [0.2, 0.25) is 0 Å². The van der Waals surface area contributed by atoms with E-state index in [1.807, 2.05) is 37.3 Å². The molecule has 2 nitrogen and oxygen atoms in total. The Bertz CT molecular complexity index is 853. The van der Waals surface area contributed by atoms with Crippen LogP contribution in [-0.2, 0) is 6.18 Å². The lowest BCUT2D eigenvalue weighted by Gasteiger charge is -2.13. The average Bonchev–Trinajstić information content (AvgIpc) is 2.48. The molecule has 0 unspecified atom stereocenters. The lowest BCUT2D eigenvalue weighted by molar-refractivity contribution is -0.137. The van der Waals surface area contributed by atoms with Crippen LogP contribution in [-0.4, -0.2) is 4.98 Å². The minimum absolute atomic E-state index is 0.328. The van der Waals surface area contributed by atoms with E-state index in [9.17, 15) is 13.2 Å². The Labute approximate surface area is 132 Å². The van der Waals surface area contributed by atoms with E-state index < -0.39 is 11.7 Å². The third-order valence-corrected chi connectivity index (χ3v) is 3.60. The predicted molar refractivity (Wildman–Crippen MR) is 85.9 cm³/mol. The number of benzene rings is 2. The van der Waals surface area contributed by atoms with Crippen molar-refractivity contribution in [1.82, 2.24) is 4.98 Å². The van der Waals surface area contributed by atoms with E-state index in [2.05, 4.69) is 10.3 Å². The Kier molecular flexibility index (Phi) is 3.72. The number of hydrogen-bond acceptors (Lipinski definition) is 2. The van der Waals surface area contributed by atoms with E-state index >= 15 is 0 Å². The third kappa shape index (κ3) is 3.28. The van der Waals surface area contributed by atoms with Gasteiger partial charge in [-0.05, 0) is 44.2 Å². The molecule has 1 aromatic heterocycles. The van der Waals surface area contributed by atoms with Gasteiger partial charge in [0.05, 0.1) is 11.1 Å². The summed E-state index contributed by atoms with van der Waals surface area (Å²) in [6.07, 6.45) is -4.37. The highest BCUT2D eigenvalue weighted by atomic mass is 19.4. The summed E-state index contributed by atoms with van der Waals surface area (Å²) in [7, 11) is 0. The summed E-state index contributed by atoms with van der Waals surface area (Å²) in [5.41, 5.74) is 3.05. The van der Waals surface area contributed by atoms with Crippen molar-refractivity contribution in [3.63, 3.8) is 0 Å². The topological polar surface area (TPSA) is 24.9 Å². The van der Waals surface area contributed by atoms with Crippen LogP contribution < -0.4 is 5.32 Å². The molecule has 0 bridgehead atoms. The number of anilines is 2. The molecule has 0 spiro atoms. The van der Waals surface area contributed by atoms with Gasteiger partial charge in [-0.2, -0.15) is 13.2 Å². The molecular weight excluding hydrogens is 301 g/mol. The molecule has 1 N–H and O–H groups in total. The number of hydrogen-bond donors (Lipinski definition) is 1. The Hall–Kier alpha value is -2.56. The molecule has 1 heterocycles. The van der Waals surface area contributed by atoms with Gasteiger partial charge in [0.25, 0.3) is 0 Å². The monoisotopic (exact) mass is 316 g/mol. The van der Waals surface area contributed by atoms with Crippen molar-refractivity contribution in [3.8, 4) is 0 Å². The van der Waals surface area contributed by atoms with Gasteiger partial charge in [-0.15, -0.1) is 0 Å². The maximum absolute atomic E-state index is 12.9. The molecule has 0 amide bonds. The van der Waals surface area contributed by atoms with E-state index in [0.717, 1.165) is 29.1 Å². The molecule has 23 heavy (non-hydrogen) atoms. The van der Waals surface area contributed by atoms with Crippen LogP contribution in [0.1, 0.15) is 16.8 Å². The van der Waals surface area contributed by atoms with Gasteiger partial charge in [-0.25, -0.2) is 0 Å². The molecule has 5 heteroatoms. The second-order valence-electron chi connectivity index (χ2n) is 5.53. The van der Waals surface area contributed by atoms with Gasteiger partial charge in [0.2, 0.25) is 0 Å². The summed E-state index contributed by atoms with van der Waals surface area (Å²) in [4.78, 5) is 4.23. The van der Waals surface area contributed by atoms with Gasteiger partial charge >= 0.3 is 6.18 Å². The van der Waals surface area contributed by atoms with Gasteiger partial charge < -0.3 is 5.32 Å². The van der Waals surface area contributed by atoms with Crippen LogP contribution in [0.5, 0.6) is 0 Å². The zero-order chi connectivity index (χ0) is 16.6. The Morgan fingerprint density at radius 3 is 2.26 bits per heavy atom. The van der Waals surface area contributed by atoms with Crippen molar-refractivity contribution in [2.45, 2.75) is 20.0 Å². The number of rotatable bonds is 2. The van der Waals surface area contributed by atoms with Gasteiger partial charge in [0, 0.05) is 22.5 Å². The van der Waals surface area contributed by atoms with E-state index in [0.29, 0.717) is 16.6 Å². The first-order chi connectivity index (χ1) is 10.8. The molecule has 0 fully saturated rings. The number of pyridine rings is 1. The van der Waals surface area contributed by atoms with Crippen molar-refractivity contribution in [3.05, 3.63) is 65.4 Å². The highest BCUT2D eigenvalue weighted by Crippen LogP contribution is 2.33. The fourth-order valence-electron chi connectivity index (χ4n) is 2.43. The summed E-state index contributed by atoms with van der Waals surface area (Å²) in [5, 5.41) is 3.91. The lowest BCUT2D eigenvalue weighted by atomic mass is 10.1. The second kappa shape index (κ2) is 5.57.